The molecule has 158 valence electrons. The van der Waals surface area contributed by atoms with Gasteiger partial charge < -0.3 is 29.9 Å². The van der Waals surface area contributed by atoms with E-state index in [2.05, 4.69) is 10.6 Å². The molecule has 3 atom stereocenters. The van der Waals surface area contributed by atoms with Gasteiger partial charge in [-0.2, -0.15) is 0 Å². The van der Waals surface area contributed by atoms with Crippen molar-refractivity contribution in [2.24, 2.45) is 0 Å². The predicted molar refractivity (Wildman–Crippen MR) is 99.5 cm³/mol. The molecular weight excluding hydrogens is 368 g/mol. The van der Waals surface area contributed by atoms with Crippen LogP contribution in [0, 0.1) is 0 Å². The van der Waals surface area contributed by atoms with Crippen molar-refractivity contribution in [3.63, 3.8) is 0 Å². The van der Waals surface area contributed by atoms with Gasteiger partial charge in [-0.25, -0.2) is 14.4 Å². The van der Waals surface area contributed by atoms with Gasteiger partial charge in [0.15, 0.2) is 0 Å². The Labute approximate surface area is 164 Å². The largest absolute Gasteiger partial charge is 0.467 e. The fourth-order valence-corrected chi connectivity index (χ4v) is 3.64. The zero-order chi connectivity index (χ0) is 21.1. The molecule has 2 aliphatic heterocycles. The van der Waals surface area contributed by atoms with Gasteiger partial charge in [-0.1, -0.05) is 0 Å². The SMILES string of the molecule is CNC(=O)N1CC[C@H]2CC[C@@H](C(=O)OC)N2C(=O)[C@@H](NC(=O)OC(C)(C)C)C1. The van der Waals surface area contributed by atoms with E-state index in [0.29, 0.717) is 25.8 Å². The van der Waals surface area contributed by atoms with Gasteiger partial charge in [0.25, 0.3) is 0 Å². The molecule has 10 heteroatoms. The maximum atomic E-state index is 13.3. The number of alkyl carbamates (subject to hydrolysis) is 1. The van der Waals surface area contributed by atoms with Crippen molar-refractivity contribution in [1.29, 1.82) is 0 Å². The summed E-state index contributed by atoms with van der Waals surface area (Å²) in [5.74, 6) is -0.895. The van der Waals surface area contributed by atoms with Gasteiger partial charge in [0.1, 0.15) is 17.7 Å². The summed E-state index contributed by atoms with van der Waals surface area (Å²) < 4.78 is 10.1. The minimum absolute atomic E-state index is 0.0190. The maximum Gasteiger partial charge on any atom is 0.408 e. The first-order chi connectivity index (χ1) is 13.1. The third-order valence-corrected chi connectivity index (χ3v) is 4.86. The van der Waals surface area contributed by atoms with E-state index in [1.165, 1.54) is 24.0 Å². The maximum absolute atomic E-state index is 13.3. The number of carbonyl (C=O) groups excluding carboxylic acids is 4. The molecule has 2 rings (SSSR count). The first-order valence-corrected chi connectivity index (χ1v) is 9.43. The van der Waals surface area contributed by atoms with Crippen LogP contribution in [-0.2, 0) is 19.1 Å². The van der Waals surface area contributed by atoms with E-state index >= 15 is 0 Å². The van der Waals surface area contributed by atoms with E-state index in [4.69, 9.17) is 9.47 Å². The monoisotopic (exact) mass is 398 g/mol. The average Bonchev–Trinajstić information content (AvgIpc) is 3.02. The molecule has 0 radical (unpaired) electrons. The van der Waals surface area contributed by atoms with Gasteiger partial charge in [-0.05, 0) is 40.0 Å². The van der Waals surface area contributed by atoms with Crippen LogP contribution in [0.5, 0.6) is 0 Å². The van der Waals surface area contributed by atoms with Crippen molar-refractivity contribution in [3.05, 3.63) is 0 Å². The Balaban J connectivity index is 2.27. The van der Waals surface area contributed by atoms with Crippen LogP contribution < -0.4 is 10.6 Å². The first kappa shape index (κ1) is 21.8. The van der Waals surface area contributed by atoms with Gasteiger partial charge in [0.05, 0.1) is 13.7 Å². The van der Waals surface area contributed by atoms with Crippen LogP contribution in [0.3, 0.4) is 0 Å². The molecule has 0 bridgehead atoms. The van der Waals surface area contributed by atoms with Crippen LogP contribution in [0.2, 0.25) is 0 Å². The molecule has 28 heavy (non-hydrogen) atoms. The summed E-state index contributed by atoms with van der Waals surface area (Å²) in [6.07, 6.45) is 0.911. The smallest absolute Gasteiger partial charge is 0.408 e. The van der Waals surface area contributed by atoms with E-state index in [1.54, 1.807) is 20.8 Å². The third kappa shape index (κ3) is 5.05. The highest BCUT2D eigenvalue weighted by Gasteiger charge is 2.46. The van der Waals surface area contributed by atoms with Crippen molar-refractivity contribution in [3.8, 4) is 0 Å². The fourth-order valence-electron chi connectivity index (χ4n) is 3.64. The van der Waals surface area contributed by atoms with Gasteiger partial charge >= 0.3 is 18.1 Å². The number of nitrogens with zero attached hydrogens (tertiary/aromatic N) is 2. The summed E-state index contributed by atoms with van der Waals surface area (Å²) in [5.41, 5.74) is -0.736. The quantitative estimate of drug-likeness (QED) is 0.653. The number of esters is 1. The first-order valence-electron chi connectivity index (χ1n) is 9.43. The molecule has 2 saturated heterocycles. The second kappa shape index (κ2) is 8.66. The molecule has 0 aromatic heterocycles. The average molecular weight is 398 g/mol. The van der Waals surface area contributed by atoms with E-state index in [9.17, 15) is 19.2 Å². The lowest BCUT2D eigenvalue weighted by Crippen LogP contribution is -2.61. The highest BCUT2D eigenvalue weighted by Crippen LogP contribution is 2.30. The van der Waals surface area contributed by atoms with Crippen LogP contribution in [0.25, 0.3) is 0 Å². The van der Waals surface area contributed by atoms with Gasteiger partial charge in [-0.3, -0.25) is 4.79 Å². The lowest BCUT2D eigenvalue weighted by molar-refractivity contribution is -0.153. The van der Waals surface area contributed by atoms with Crippen LogP contribution in [0.4, 0.5) is 9.59 Å². The summed E-state index contributed by atoms with van der Waals surface area (Å²) in [5, 5.41) is 5.12. The van der Waals surface area contributed by atoms with E-state index < -0.39 is 35.7 Å². The van der Waals surface area contributed by atoms with Crippen molar-refractivity contribution in [2.75, 3.05) is 27.2 Å². The molecule has 0 aliphatic carbocycles. The van der Waals surface area contributed by atoms with Crippen molar-refractivity contribution in [1.82, 2.24) is 20.4 Å². The molecule has 2 heterocycles. The Morgan fingerprint density at radius 1 is 1.14 bits per heavy atom. The minimum Gasteiger partial charge on any atom is -0.467 e. The summed E-state index contributed by atoms with van der Waals surface area (Å²) >= 11 is 0. The Bertz CT molecular complexity index is 632. The standard InChI is InChI=1S/C18H30N4O6/c1-18(2,3)28-17(26)20-12-10-21(16(25)19-4)9-8-11-6-7-13(15(24)27-5)22(11)14(12)23/h11-13H,6-10H2,1-5H3,(H,19,25)(H,20,26)/t11-,12+,13+/m1/s1. The number of amides is 4. The molecule has 0 unspecified atom stereocenters. The van der Waals surface area contributed by atoms with Gasteiger partial charge in [0.2, 0.25) is 5.91 Å². The molecular formula is C18H30N4O6. The zero-order valence-corrected chi connectivity index (χ0v) is 17.1. The molecule has 2 aliphatic rings. The number of ether oxygens (including phenoxy) is 2. The molecule has 10 nitrogen and oxygen atoms in total. The number of hydrogen-bond donors (Lipinski definition) is 2. The normalized spacial score (nSPS) is 25.3. The molecule has 0 spiro atoms. The third-order valence-electron chi connectivity index (χ3n) is 4.86. The molecule has 0 aromatic rings. The van der Waals surface area contributed by atoms with Crippen LogP contribution in [0.1, 0.15) is 40.0 Å². The summed E-state index contributed by atoms with van der Waals surface area (Å²) in [4.78, 5) is 52.8. The number of rotatable bonds is 2. The number of hydrogen-bond acceptors (Lipinski definition) is 6. The molecule has 4 amide bonds. The van der Waals surface area contributed by atoms with Gasteiger partial charge in [-0.15, -0.1) is 0 Å². The van der Waals surface area contributed by atoms with E-state index in [0.717, 1.165) is 0 Å². The lowest BCUT2D eigenvalue weighted by Gasteiger charge is -2.38. The number of nitrogens with one attached hydrogen (secondary N) is 2. The zero-order valence-electron chi connectivity index (χ0n) is 17.1. The topological polar surface area (TPSA) is 117 Å². The van der Waals surface area contributed by atoms with Crippen LogP contribution in [0.15, 0.2) is 0 Å². The Morgan fingerprint density at radius 2 is 1.82 bits per heavy atom. The van der Waals surface area contributed by atoms with Crippen molar-refractivity contribution >= 4 is 24.0 Å². The number of fused-ring (bicyclic) bond motifs is 1. The summed E-state index contributed by atoms with van der Waals surface area (Å²) in [6.45, 7) is 5.52. The molecule has 2 fully saturated rings. The Kier molecular flexibility index (Phi) is 6.73. The number of urea groups is 1. The molecule has 0 saturated carbocycles. The number of methoxy groups -OCH3 is 1. The van der Waals surface area contributed by atoms with E-state index in [1.807, 2.05) is 0 Å². The lowest BCUT2D eigenvalue weighted by atomic mass is 10.1. The summed E-state index contributed by atoms with van der Waals surface area (Å²) in [7, 11) is 2.79. The van der Waals surface area contributed by atoms with Crippen molar-refractivity contribution < 1.29 is 28.7 Å². The summed E-state index contributed by atoms with van der Waals surface area (Å²) in [6, 6.07) is -2.25. The minimum atomic E-state index is -1.03. The molecule has 2 N–H and O–H groups in total. The predicted octanol–water partition coefficient (Wildman–Crippen LogP) is 0.457. The highest BCUT2D eigenvalue weighted by atomic mass is 16.6. The Morgan fingerprint density at radius 3 is 2.39 bits per heavy atom. The fraction of sp³-hybridized carbons (Fsp3) is 0.778. The molecule has 0 aromatic carbocycles. The second-order valence-corrected chi connectivity index (χ2v) is 8.00. The van der Waals surface area contributed by atoms with Crippen LogP contribution in [-0.4, -0.2) is 84.8 Å². The Hall–Kier alpha value is -2.52. The number of carbonyl (C=O) groups is 4. The van der Waals surface area contributed by atoms with E-state index in [-0.39, 0.29) is 18.6 Å². The highest BCUT2D eigenvalue weighted by molar-refractivity contribution is 5.91. The second-order valence-electron chi connectivity index (χ2n) is 8.00. The van der Waals surface area contributed by atoms with Crippen molar-refractivity contribution in [2.45, 2.75) is 63.8 Å². The van der Waals surface area contributed by atoms with Gasteiger partial charge in [0, 0.05) is 19.6 Å². The van der Waals surface area contributed by atoms with Crippen LogP contribution >= 0.6 is 0 Å².